The first-order valence-electron chi connectivity index (χ1n) is 7.94. The van der Waals surface area contributed by atoms with Crippen molar-refractivity contribution in [2.45, 2.75) is 51.6 Å². The van der Waals surface area contributed by atoms with Crippen LogP contribution in [0.1, 0.15) is 38.2 Å². The molecule has 1 saturated carbocycles. The fourth-order valence-electron chi connectivity index (χ4n) is 3.06. The Morgan fingerprint density at radius 3 is 2.62 bits per heavy atom. The summed E-state index contributed by atoms with van der Waals surface area (Å²) < 4.78 is 0. The second-order valence-electron chi connectivity index (χ2n) is 5.97. The van der Waals surface area contributed by atoms with Gasteiger partial charge < -0.3 is 15.5 Å². The molecule has 1 fully saturated rings. The van der Waals surface area contributed by atoms with E-state index in [-0.39, 0.29) is 6.03 Å². The Bertz CT molecular complexity index is 467. The lowest BCUT2D eigenvalue weighted by Gasteiger charge is -2.35. The minimum absolute atomic E-state index is 0.00694. The molecule has 2 N–H and O–H groups in total. The van der Waals surface area contributed by atoms with Gasteiger partial charge in [-0.2, -0.15) is 0 Å². The number of hydrogen-bond acceptors (Lipinski definition) is 2. The van der Waals surface area contributed by atoms with E-state index < -0.39 is 0 Å². The van der Waals surface area contributed by atoms with Crippen LogP contribution in [0.25, 0.3) is 0 Å². The van der Waals surface area contributed by atoms with Crippen LogP contribution < -0.4 is 10.6 Å². The number of amides is 2. The number of carbonyl (C=O) groups is 1. The van der Waals surface area contributed by atoms with E-state index >= 15 is 0 Å². The maximum Gasteiger partial charge on any atom is 0.321 e. The maximum atomic E-state index is 12.3. The van der Waals surface area contributed by atoms with Crippen molar-refractivity contribution in [3.05, 3.63) is 29.8 Å². The van der Waals surface area contributed by atoms with Gasteiger partial charge in [-0.3, -0.25) is 0 Å². The molecule has 1 aliphatic rings. The number of nitrogens with zero attached hydrogens (tertiary/aromatic N) is 1. The van der Waals surface area contributed by atoms with E-state index in [1.807, 2.05) is 43.1 Å². The van der Waals surface area contributed by atoms with Crippen LogP contribution in [0.2, 0.25) is 0 Å². The molecule has 1 aromatic carbocycles. The van der Waals surface area contributed by atoms with Crippen LogP contribution in [-0.2, 0) is 0 Å². The first-order chi connectivity index (χ1) is 10.1. The van der Waals surface area contributed by atoms with Crippen molar-refractivity contribution in [1.82, 2.24) is 10.2 Å². The second kappa shape index (κ2) is 7.46. The number of nitrogens with one attached hydrogen (secondary N) is 2. The highest BCUT2D eigenvalue weighted by Crippen LogP contribution is 2.23. The van der Waals surface area contributed by atoms with Gasteiger partial charge in [-0.25, -0.2) is 4.79 Å². The van der Waals surface area contributed by atoms with E-state index in [0.717, 1.165) is 43.5 Å². The van der Waals surface area contributed by atoms with Crippen LogP contribution in [-0.4, -0.2) is 36.6 Å². The van der Waals surface area contributed by atoms with Gasteiger partial charge in [0, 0.05) is 24.8 Å². The number of aryl methyl sites for hydroxylation is 1. The fourth-order valence-corrected chi connectivity index (χ4v) is 3.06. The zero-order chi connectivity index (χ0) is 15.2. The van der Waals surface area contributed by atoms with Gasteiger partial charge in [0.2, 0.25) is 0 Å². The van der Waals surface area contributed by atoms with Gasteiger partial charge in [0.1, 0.15) is 0 Å². The molecule has 0 unspecified atom stereocenters. The zero-order valence-electron chi connectivity index (χ0n) is 13.4. The number of benzene rings is 1. The van der Waals surface area contributed by atoms with Crippen molar-refractivity contribution in [2.75, 3.05) is 18.9 Å². The summed E-state index contributed by atoms with van der Waals surface area (Å²) in [5.74, 6) is 0. The SMILES string of the molecule is CCNC1CCC(N(C)C(=O)Nc2cccc(C)c2)CC1. The van der Waals surface area contributed by atoms with Crippen LogP contribution in [0.3, 0.4) is 0 Å². The van der Waals surface area contributed by atoms with Gasteiger partial charge in [0.15, 0.2) is 0 Å². The Balaban J connectivity index is 1.85. The van der Waals surface area contributed by atoms with Crippen molar-refractivity contribution in [3.63, 3.8) is 0 Å². The highest BCUT2D eigenvalue weighted by molar-refractivity contribution is 5.89. The molecule has 0 bridgehead atoms. The molecule has 0 saturated heterocycles. The van der Waals surface area contributed by atoms with Crippen molar-refractivity contribution < 1.29 is 4.79 Å². The summed E-state index contributed by atoms with van der Waals surface area (Å²) >= 11 is 0. The molecule has 0 spiro atoms. The van der Waals surface area contributed by atoms with Crippen molar-refractivity contribution in [3.8, 4) is 0 Å². The van der Waals surface area contributed by atoms with Gasteiger partial charge in [-0.15, -0.1) is 0 Å². The molecule has 0 radical (unpaired) electrons. The number of anilines is 1. The first-order valence-corrected chi connectivity index (χ1v) is 7.94. The predicted molar refractivity (Wildman–Crippen MR) is 87.7 cm³/mol. The number of urea groups is 1. The number of carbonyl (C=O) groups excluding carboxylic acids is 1. The maximum absolute atomic E-state index is 12.3. The highest BCUT2D eigenvalue weighted by Gasteiger charge is 2.26. The minimum atomic E-state index is -0.00694. The van der Waals surface area contributed by atoms with E-state index in [1.54, 1.807) is 0 Å². The molecule has 2 amide bonds. The molecule has 21 heavy (non-hydrogen) atoms. The third kappa shape index (κ3) is 4.46. The molecular weight excluding hydrogens is 262 g/mol. The van der Waals surface area contributed by atoms with E-state index in [9.17, 15) is 4.79 Å². The highest BCUT2D eigenvalue weighted by atomic mass is 16.2. The topological polar surface area (TPSA) is 44.4 Å². The average molecular weight is 289 g/mol. The average Bonchev–Trinajstić information content (AvgIpc) is 2.47. The number of rotatable bonds is 4. The minimum Gasteiger partial charge on any atom is -0.325 e. The van der Waals surface area contributed by atoms with Gasteiger partial charge in [-0.1, -0.05) is 19.1 Å². The molecule has 4 heteroatoms. The first kappa shape index (κ1) is 15.8. The molecule has 0 heterocycles. The molecule has 0 atom stereocenters. The standard InChI is InChI=1S/C17H27N3O/c1-4-18-14-8-10-16(11-9-14)20(3)17(21)19-15-7-5-6-13(2)12-15/h5-7,12,14,16,18H,4,8-11H2,1-3H3,(H,19,21). The summed E-state index contributed by atoms with van der Waals surface area (Å²) in [7, 11) is 1.91. The quantitative estimate of drug-likeness (QED) is 0.892. The molecule has 2 rings (SSSR count). The summed E-state index contributed by atoms with van der Waals surface area (Å²) in [6.07, 6.45) is 4.46. The van der Waals surface area contributed by atoms with E-state index in [1.165, 1.54) is 0 Å². The largest absolute Gasteiger partial charge is 0.325 e. The normalized spacial score (nSPS) is 21.9. The summed E-state index contributed by atoms with van der Waals surface area (Å²) in [5, 5.41) is 6.49. The molecule has 1 aromatic rings. The third-order valence-corrected chi connectivity index (χ3v) is 4.33. The smallest absolute Gasteiger partial charge is 0.321 e. The van der Waals surface area contributed by atoms with Crippen LogP contribution in [0.4, 0.5) is 10.5 Å². The Morgan fingerprint density at radius 2 is 2.00 bits per heavy atom. The monoisotopic (exact) mass is 289 g/mol. The van der Waals surface area contributed by atoms with Crippen molar-refractivity contribution >= 4 is 11.7 Å². The lowest BCUT2D eigenvalue weighted by molar-refractivity contribution is 0.177. The Hall–Kier alpha value is -1.55. The summed E-state index contributed by atoms with van der Waals surface area (Å²) in [6, 6.07) is 8.89. The van der Waals surface area contributed by atoms with Gasteiger partial charge in [0.25, 0.3) is 0 Å². The molecule has 116 valence electrons. The van der Waals surface area contributed by atoms with Crippen molar-refractivity contribution in [1.29, 1.82) is 0 Å². The lowest BCUT2D eigenvalue weighted by atomic mass is 9.90. The number of hydrogen-bond donors (Lipinski definition) is 2. The lowest BCUT2D eigenvalue weighted by Crippen LogP contribution is -2.44. The summed E-state index contributed by atoms with van der Waals surface area (Å²) in [6.45, 7) is 5.20. The van der Waals surface area contributed by atoms with E-state index in [0.29, 0.717) is 12.1 Å². The fraction of sp³-hybridized carbons (Fsp3) is 0.588. The molecule has 4 nitrogen and oxygen atoms in total. The van der Waals surface area contributed by atoms with Crippen molar-refractivity contribution in [2.24, 2.45) is 0 Å². The molecule has 0 aliphatic heterocycles. The van der Waals surface area contributed by atoms with Gasteiger partial charge in [-0.05, 0) is 56.8 Å². The zero-order valence-corrected chi connectivity index (χ0v) is 13.4. The predicted octanol–water partition coefficient (Wildman–Crippen LogP) is 3.38. The summed E-state index contributed by atoms with van der Waals surface area (Å²) in [4.78, 5) is 14.2. The van der Waals surface area contributed by atoms with Gasteiger partial charge in [0.05, 0.1) is 0 Å². The Labute approximate surface area is 127 Å². The summed E-state index contributed by atoms with van der Waals surface area (Å²) in [5.41, 5.74) is 2.02. The third-order valence-electron chi connectivity index (χ3n) is 4.33. The van der Waals surface area contributed by atoms with Crippen LogP contribution in [0.15, 0.2) is 24.3 Å². The molecule has 0 aromatic heterocycles. The molecular formula is C17H27N3O. The Kier molecular flexibility index (Phi) is 5.62. The van der Waals surface area contributed by atoms with Crippen LogP contribution >= 0.6 is 0 Å². The van der Waals surface area contributed by atoms with Crippen LogP contribution in [0, 0.1) is 6.92 Å². The second-order valence-corrected chi connectivity index (χ2v) is 5.97. The van der Waals surface area contributed by atoms with Crippen LogP contribution in [0.5, 0.6) is 0 Å². The Morgan fingerprint density at radius 1 is 1.29 bits per heavy atom. The van der Waals surface area contributed by atoms with E-state index in [2.05, 4.69) is 17.6 Å². The van der Waals surface area contributed by atoms with E-state index in [4.69, 9.17) is 0 Å². The van der Waals surface area contributed by atoms with Gasteiger partial charge >= 0.3 is 6.03 Å². The molecule has 1 aliphatic carbocycles.